The monoisotopic (exact) mass is 279 g/mol. The summed E-state index contributed by atoms with van der Waals surface area (Å²) in [5, 5.41) is 3.67. The maximum atomic E-state index is 3.67. The van der Waals surface area contributed by atoms with Crippen molar-refractivity contribution in [1.29, 1.82) is 0 Å². The smallest absolute Gasteiger partial charge is 0.0120 e. The van der Waals surface area contributed by atoms with Gasteiger partial charge in [-0.25, -0.2) is 0 Å². The number of rotatable bonds is 6. The molecule has 0 radical (unpaired) electrons. The first-order valence-electron chi connectivity index (χ1n) is 9.01. The van der Waals surface area contributed by atoms with E-state index in [1.165, 1.54) is 84.2 Å². The molecule has 1 saturated carbocycles. The molecule has 0 bridgehead atoms. The predicted octanol–water partition coefficient (Wildman–Crippen LogP) is 2.32. The molecule has 3 fully saturated rings. The van der Waals surface area contributed by atoms with E-state index < -0.39 is 0 Å². The van der Waals surface area contributed by atoms with Crippen LogP contribution in [0, 0.1) is 5.92 Å². The highest BCUT2D eigenvalue weighted by Crippen LogP contribution is 2.22. The van der Waals surface area contributed by atoms with Crippen molar-refractivity contribution in [1.82, 2.24) is 15.1 Å². The Morgan fingerprint density at radius 2 is 1.65 bits per heavy atom. The summed E-state index contributed by atoms with van der Waals surface area (Å²) in [7, 11) is 0. The van der Waals surface area contributed by atoms with E-state index in [2.05, 4.69) is 22.0 Å². The van der Waals surface area contributed by atoms with Crippen LogP contribution in [-0.2, 0) is 0 Å². The van der Waals surface area contributed by atoms with Crippen LogP contribution in [0.1, 0.15) is 51.9 Å². The predicted molar refractivity (Wildman–Crippen MR) is 85.1 cm³/mol. The molecule has 2 aliphatic heterocycles. The van der Waals surface area contributed by atoms with Crippen LogP contribution in [0.5, 0.6) is 0 Å². The van der Waals surface area contributed by atoms with E-state index in [1.54, 1.807) is 0 Å². The van der Waals surface area contributed by atoms with E-state index in [4.69, 9.17) is 0 Å². The van der Waals surface area contributed by atoms with Gasteiger partial charge in [0.05, 0.1) is 0 Å². The number of piperidine rings is 2. The maximum absolute atomic E-state index is 3.67. The second-order valence-corrected chi connectivity index (χ2v) is 7.42. The Bertz CT molecular complexity index is 276. The number of hydrogen-bond acceptors (Lipinski definition) is 3. The molecule has 20 heavy (non-hydrogen) atoms. The van der Waals surface area contributed by atoms with Gasteiger partial charge in [-0.3, -0.25) is 0 Å². The minimum Gasteiger partial charge on any atom is -0.314 e. The minimum atomic E-state index is 0.808. The molecule has 3 heteroatoms. The van der Waals surface area contributed by atoms with Crippen molar-refractivity contribution in [2.45, 2.75) is 64.0 Å². The van der Waals surface area contributed by atoms with Gasteiger partial charge in [0.2, 0.25) is 0 Å². The van der Waals surface area contributed by atoms with Crippen molar-refractivity contribution < 1.29 is 0 Å². The molecular formula is C17H33N3. The Kier molecular flexibility index (Phi) is 5.36. The summed E-state index contributed by atoms with van der Waals surface area (Å²) < 4.78 is 0. The molecule has 1 N–H and O–H groups in total. The normalized spacial score (nSPS) is 28.6. The third-order valence-corrected chi connectivity index (χ3v) is 5.37. The van der Waals surface area contributed by atoms with Crippen molar-refractivity contribution in [3.05, 3.63) is 0 Å². The summed E-state index contributed by atoms with van der Waals surface area (Å²) in [4.78, 5) is 5.48. The lowest BCUT2D eigenvalue weighted by atomic mass is 9.99. The van der Waals surface area contributed by atoms with Crippen LogP contribution in [0.15, 0.2) is 0 Å². The molecule has 3 rings (SSSR count). The van der Waals surface area contributed by atoms with Gasteiger partial charge in [0.25, 0.3) is 0 Å². The first-order valence-corrected chi connectivity index (χ1v) is 9.01. The van der Waals surface area contributed by atoms with Crippen molar-refractivity contribution in [2.75, 3.05) is 39.3 Å². The lowest BCUT2D eigenvalue weighted by Crippen LogP contribution is -2.47. The van der Waals surface area contributed by atoms with Crippen LogP contribution < -0.4 is 5.32 Å². The van der Waals surface area contributed by atoms with Gasteiger partial charge in [0.1, 0.15) is 0 Å². The van der Waals surface area contributed by atoms with Gasteiger partial charge in [0.15, 0.2) is 0 Å². The molecule has 116 valence electrons. The average Bonchev–Trinajstić information content (AvgIpc) is 3.31. The van der Waals surface area contributed by atoms with Crippen LogP contribution in [0.3, 0.4) is 0 Å². The fraction of sp³-hybridized carbons (Fsp3) is 1.00. The standard InChI is InChI=1S/C17H33N3/c1-15(13-18-16-5-6-16)14-19-11-7-17(8-12-19)20-9-3-2-4-10-20/h15-18H,2-14H2,1H3. The van der Waals surface area contributed by atoms with Gasteiger partial charge in [-0.2, -0.15) is 0 Å². The third kappa shape index (κ3) is 4.44. The molecule has 2 heterocycles. The van der Waals surface area contributed by atoms with Crippen LogP contribution in [0.4, 0.5) is 0 Å². The lowest BCUT2D eigenvalue weighted by molar-refractivity contribution is 0.0864. The second-order valence-electron chi connectivity index (χ2n) is 7.42. The summed E-state index contributed by atoms with van der Waals surface area (Å²) in [6.07, 6.45) is 9.96. The summed E-state index contributed by atoms with van der Waals surface area (Å²) >= 11 is 0. The SMILES string of the molecule is CC(CNC1CC1)CN1CCC(N2CCCCC2)CC1. The fourth-order valence-corrected chi connectivity index (χ4v) is 3.91. The molecule has 0 spiro atoms. The van der Waals surface area contributed by atoms with Crippen LogP contribution in [0.25, 0.3) is 0 Å². The molecule has 0 amide bonds. The van der Waals surface area contributed by atoms with Crippen molar-refractivity contribution in [2.24, 2.45) is 5.92 Å². The Morgan fingerprint density at radius 1 is 0.950 bits per heavy atom. The molecule has 3 aliphatic rings. The van der Waals surface area contributed by atoms with Gasteiger partial charge >= 0.3 is 0 Å². The Labute approximate surface area is 125 Å². The van der Waals surface area contributed by atoms with Crippen LogP contribution >= 0.6 is 0 Å². The highest BCUT2D eigenvalue weighted by molar-refractivity contribution is 4.84. The number of likely N-dealkylation sites (tertiary alicyclic amines) is 2. The first kappa shape index (κ1) is 14.8. The van der Waals surface area contributed by atoms with Gasteiger partial charge < -0.3 is 15.1 Å². The van der Waals surface area contributed by atoms with E-state index in [0.29, 0.717) is 0 Å². The number of hydrogen-bond donors (Lipinski definition) is 1. The Morgan fingerprint density at radius 3 is 2.30 bits per heavy atom. The molecule has 1 atom stereocenters. The number of nitrogens with zero attached hydrogens (tertiary/aromatic N) is 2. The topological polar surface area (TPSA) is 18.5 Å². The van der Waals surface area contributed by atoms with Gasteiger partial charge in [-0.15, -0.1) is 0 Å². The van der Waals surface area contributed by atoms with Gasteiger partial charge in [-0.1, -0.05) is 13.3 Å². The molecule has 0 aromatic rings. The summed E-state index contributed by atoms with van der Waals surface area (Å²) in [6, 6.07) is 1.76. The molecule has 3 nitrogen and oxygen atoms in total. The highest BCUT2D eigenvalue weighted by Gasteiger charge is 2.26. The zero-order valence-electron chi connectivity index (χ0n) is 13.3. The second kappa shape index (κ2) is 7.24. The molecular weight excluding hydrogens is 246 g/mol. The van der Waals surface area contributed by atoms with E-state index in [-0.39, 0.29) is 0 Å². The molecule has 0 aromatic heterocycles. The van der Waals surface area contributed by atoms with Gasteiger partial charge in [0, 0.05) is 18.6 Å². The van der Waals surface area contributed by atoms with Crippen molar-refractivity contribution in [3.8, 4) is 0 Å². The molecule has 2 saturated heterocycles. The summed E-state index contributed by atoms with van der Waals surface area (Å²) in [6.45, 7) is 10.3. The third-order valence-electron chi connectivity index (χ3n) is 5.37. The van der Waals surface area contributed by atoms with E-state index >= 15 is 0 Å². The van der Waals surface area contributed by atoms with E-state index in [0.717, 1.165) is 18.0 Å². The molecule has 1 aliphatic carbocycles. The zero-order chi connectivity index (χ0) is 13.8. The molecule has 0 aromatic carbocycles. The fourth-order valence-electron chi connectivity index (χ4n) is 3.91. The van der Waals surface area contributed by atoms with Crippen molar-refractivity contribution in [3.63, 3.8) is 0 Å². The van der Waals surface area contributed by atoms with Crippen LogP contribution in [0.2, 0.25) is 0 Å². The first-order chi connectivity index (χ1) is 9.81. The van der Waals surface area contributed by atoms with Crippen LogP contribution in [-0.4, -0.2) is 61.2 Å². The Balaban J connectivity index is 1.32. The number of nitrogens with one attached hydrogen (secondary N) is 1. The molecule has 1 unspecified atom stereocenters. The van der Waals surface area contributed by atoms with Crippen molar-refractivity contribution >= 4 is 0 Å². The minimum absolute atomic E-state index is 0.808. The Hall–Kier alpha value is -0.120. The zero-order valence-corrected chi connectivity index (χ0v) is 13.3. The largest absolute Gasteiger partial charge is 0.314 e. The van der Waals surface area contributed by atoms with E-state index in [1.807, 2.05) is 0 Å². The lowest BCUT2D eigenvalue weighted by Gasteiger charge is -2.40. The maximum Gasteiger partial charge on any atom is 0.0120 e. The summed E-state index contributed by atoms with van der Waals surface area (Å²) in [5.41, 5.74) is 0. The average molecular weight is 279 g/mol. The van der Waals surface area contributed by atoms with Gasteiger partial charge in [-0.05, 0) is 77.2 Å². The highest BCUT2D eigenvalue weighted by atomic mass is 15.2. The van der Waals surface area contributed by atoms with E-state index in [9.17, 15) is 0 Å². The summed E-state index contributed by atoms with van der Waals surface area (Å²) in [5.74, 6) is 0.808. The quantitative estimate of drug-likeness (QED) is 0.805.